The Kier molecular flexibility index (Phi) is 5.41. The third kappa shape index (κ3) is 4.40. The van der Waals surface area contributed by atoms with E-state index in [4.69, 9.17) is 0 Å². The molecule has 2 aromatic carbocycles. The molecule has 1 heterocycles. The van der Waals surface area contributed by atoms with E-state index in [1.807, 2.05) is 13.0 Å². The number of anilines is 1. The monoisotopic (exact) mass is 465 g/mol. The Bertz CT molecular complexity index is 1140. The molecule has 0 radical (unpaired) electrons. The van der Waals surface area contributed by atoms with Crippen molar-refractivity contribution in [3.8, 4) is 16.9 Å². The molecule has 1 aromatic heterocycles. The van der Waals surface area contributed by atoms with Crippen LogP contribution in [0.1, 0.15) is 14.5 Å². The zero-order valence-corrected chi connectivity index (χ0v) is 17.7. The van der Waals surface area contributed by atoms with Crippen molar-refractivity contribution < 1.29 is 18.3 Å². The Hall–Kier alpha value is -2.16. The third-order valence-electron chi connectivity index (χ3n) is 3.89. The largest absolute Gasteiger partial charge is 0.507 e. The van der Waals surface area contributed by atoms with Gasteiger partial charge in [0.2, 0.25) is 0 Å². The van der Waals surface area contributed by atoms with Crippen LogP contribution in [-0.2, 0) is 9.84 Å². The molecule has 0 fully saturated rings. The Balaban J connectivity index is 1.91. The fourth-order valence-electron chi connectivity index (χ4n) is 2.60. The Labute approximate surface area is 169 Å². The third-order valence-corrected chi connectivity index (χ3v) is 6.49. The summed E-state index contributed by atoms with van der Waals surface area (Å²) >= 11 is 4.57. The summed E-state index contributed by atoms with van der Waals surface area (Å²) < 4.78 is 24.1. The standard InChI is InChI=1S/C19H16BrNO4S2/c1-11-16(15-5-3-4-6-17(15)22)10-18(26-11)19(23)21-13-7-12(20)8-14(9-13)27(2,24)25/h3-10,22H,1-2H3,(H,21,23). The summed E-state index contributed by atoms with van der Waals surface area (Å²) in [6.45, 7) is 1.88. The fraction of sp³-hybridized carbons (Fsp3) is 0.105. The maximum Gasteiger partial charge on any atom is 0.265 e. The molecule has 0 saturated carbocycles. The molecule has 0 spiro atoms. The van der Waals surface area contributed by atoms with Gasteiger partial charge >= 0.3 is 0 Å². The first-order chi connectivity index (χ1) is 12.6. The van der Waals surface area contributed by atoms with Crippen LogP contribution in [-0.4, -0.2) is 25.7 Å². The number of sulfone groups is 1. The summed E-state index contributed by atoms with van der Waals surface area (Å²) in [5.74, 6) is -0.197. The summed E-state index contributed by atoms with van der Waals surface area (Å²) in [7, 11) is -3.40. The first-order valence-corrected chi connectivity index (χ1v) is 11.4. The number of carbonyl (C=O) groups is 1. The van der Waals surface area contributed by atoms with E-state index < -0.39 is 9.84 Å². The zero-order chi connectivity index (χ0) is 19.8. The summed E-state index contributed by atoms with van der Waals surface area (Å²) in [6, 6.07) is 13.2. The maximum atomic E-state index is 12.6. The van der Waals surface area contributed by atoms with Gasteiger partial charge in [0.05, 0.1) is 9.77 Å². The average molecular weight is 466 g/mol. The predicted octanol–water partition coefficient (Wildman–Crippen LogP) is 4.85. The van der Waals surface area contributed by atoms with Gasteiger partial charge in [-0.2, -0.15) is 0 Å². The van der Waals surface area contributed by atoms with Crippen LogP contribution in [0.3, 0.4) is 0 Å². The second-order valence-corrected chi connectivity index (χ2v) is 10.2. The SMILES string of the molecule is Cc1sc(C(=O)Nc2cc(Br)cc(S(C)(=O)=O)c2)cc1-c1ccccc1O. The Morgan fingerprint density at radius 1 is 1.11 bits per heavy atom. The summed E-state index contributed by atoms with van der Waals surface area (Å²) in [6.07, 6.45) is 1.11. The maximum absolute atomic E-state index is 12.6. The van der Waals surface area contributed by atoms with Crippen molar-refractivity contribution in [1.29, 1.82) is 0 Å². The van der Waals surface area contributed by atoms with E-state index in [9.17, 15) is 18.3 Å². The minimum atomic E-state index is -3.40. The molecule has 140 valence electrons. The van der Waals surface area contributed by atoms with Gasteiger partial charge in [0.1, 0.15) is 5.75 Å². The van der Waals surface area contributed by atoms with Crippen LogP contribution in [0.2, 0.25) is 0 Å². The fourth-order valence-corrected chi connectivity index (χ4v) is 4.86. The lowest BCUT2D eigenvalue weighted by molar-refractivity contribution is 0.103. The molecule has 27 heavy (non-hydrogen) atoms. The smallest absolute Gasteiger partial charge is 0.265 e. The number of para-hydroxylation sites is 1. The number of halogens is 1. The van der Waals surface area contributed by atoms with Crippen molar-refractivity contribution in [2.75, 3.05) is 11.6 Å². The molecule has 0 saturated heterocycles. The number of amides is 1. The van der Waals surface area contributed by atoms with Gasteiger partial charge in [0.15, 0.2) is 9.84 Å². The highest BCUT2D eigenvalue weighted by molar-refractivity contribution is 9.10. The van der Waals surface area contributed by atoms with E-state index in [0.29, 0.717) is 20.6 Å². The van der Waals surface area contributed by atoms with E-state index in [-0.39, 0.29) is 16.6 Å². The number of phenols is 1. The molecule has 0 aliphatic rings. The quantitative estimate of drug-likeness (QED) is 0.576. The van der Waals surface area contributed by atoms with Gasteiger partial charge < -0.3 is 10.4 Å². The van der Waals surface area contributed by atoms with E-state index in [1.54, 1.807) is 30.3 Å². The second kappa shape index (κ2) is 7.46. The molecule has 1 amide bonds. The number of thiophene rings is 1. The minimum Gasteiger partial charge on any atom is -0.507 e. The van der Waals surface area contributed by atoms with Crippen LogP contribution < -0.4 is 5.32 Å². The first kappa shape index (κ1) is 19.6. The highest BCUT2D eigenvalue weighted by atomic mass is 79.9. The van der Waals surface area contributed by atoms with Gasteiger partial charge in [-0.1, -0.05) is 34.1 Å². The predicted molar refractivity (Wildman–Crippen MR) is 111 cm³/mol. The Morgan fingerprint density at radius 2 is 1.81 bits per heavy atom. The lowest BCUT2D eigenvalue weighted by atomic mass is 10.1. The van der Waals surface area contributed by atoms with Crippen molar-refractivity contribution in [3.63, 3.8) is 0 Å². The number of benzene rings is 2. The van der Waals surface area contributed by atoms with Crippen molar-refractivity contribution in [2.45, 2.75) is 11.8 Å². The van der Waals surface area contributed by atoms with E-state index >= 15 is 0 Å². The highest BCUT2D eigenvalue weighted by Gasteiger charge is 2.17. The molecule has 8 heteroatoms. The van der Waals surface area contributed by atoms with Crippen LogP contribution in [0.5, 0.6) is 5.75 Å². The topological polar surface area (TPSA) is 83.5 Å². The number of carbonyl (C=O) groups excluding carboxylic acids is 1. The van der Waals surface area contributed by atoms with E-state index in [2.05, 4.69) is 21.2 Å². The molecule has 0 unspecified atom stereocenters. The molecule has 0 atom stereocenters. The highest BCUT2D eigenvalue weighted by Crippen LogP contribution is 2.36. The lowest BCUT2D eigenvalue weighted by Gasteiger charge is -2.07. The van der Waals surface area contributed by atoms with Crippen LogP contribution in [0, 0.1) is 6.92 Å². The minimum absolute atomic E-state index is 0.115. The van der Waals surface area contributed by atoms with Crippen LogP contribution >= 0.6 is 27.3 Å². The van der Waals surface area contributed by atoms with Crippen molar-refractivity contribution in [1.82, 2.24) is 0 Å². The number of aromatic hydroxyl groups is 1. The van der Waals surface area contributed by atoms with Gasteiger partial charge in [-0.05, 0) is 42.8 Å². The summed E-state index contributed by atoms with van der Waals surface area (Å²) in [4.78, 5) is 14.1. The molecule has 3 rings (SSSR count). The molecule has 5 nitrogen and oxygen atoms in total. The van der Waals surface area contributed by atoms with Gasteiger partial charge in [0.25, 0.3) is 5.91 Å². The lowest BCUT2D eigenvalue weighted by Crippen LogP contribution is -2.11. The van der Waals surface area contributed by atoms with Gasteiger partial charge in [-0.3, -0.25) is 4.79 Å². The number of nitrogens with one attached hydrogen (secondary N) is 1. The molecular formula is C19H16BrNO4S2. The number of hydrogen-bond donors (Lipinski definition) is 2. The van der Waals surface area contributed by atoms with Crippen molar-refractivity contribution >= 4 is 48.7 Å². The molecule has 0 aliphatic heterocycles. The molecular weight excluding hydrogens is 450 g/mol. The summed E-state index contributed by atoms with van der Waals surface area (Å²) in [5.41, 5.74) is 1.83. The van der Waals surface area contributed by atoms with Crippen molar-refractivity contribution in [2.24, 2.45) is 0 Å². The van der Waals surface area contributed by atoms with Gasteiger partial charge in [-0.25, -0.2) is 8.42 Å². The van der Waals surface area contributed by atoms with E-state index in [1.165, 1.54) is 23.5 Å². The average Bonchev–Trinajstić information content (AvgIpc) is 2.96. The number of aryl methyl sites for hydroxylation is 1. The number of hydrogen-bond acceptors (Lipinski definition) is 5. The van der Waals surface area contributed by atoms with Crippen LogP contribution in [0.4, 0.5) is 5.69 Å². The zero-order valence-electron chi connectivity index (χ0n) is 14.5. The molecule has 2 N–H and O–H groups in total. The van der Waals surface area contributed by atoms with Crippen molar-refractivity contribution in [3.05, 3.63) is 62.8 Å². The molecule has 3 aromatic rings. The second-order valence-electron chi connectivity index (χ2n) is 6.00. The molecule has 0 bridgehead atoms. The normalized spacial score (nSPS) is 11.4. The van der Waals surface area contributed by atoms with Crippen LogP contribution in [0.15, 0.2) is 57.9 Å². The number of rotatable bonds is 4. The van der Waals surface area contributed by atoms with E-state index in [0.717, 1.165) is 16.7 Å². The Morgan fingerprint density at radius 3 is 2.48 bits per heavy atom. The van der Waals surface area contributed by atoms with Gasteiger partial charge in [-0.15, -0.1) is 11.3 Å². The van der Waals surface area contributed by atoms with Gasteiger partial charge in [0, 0.05) is 26.9 Å². The first-order valence-electron chi connectivity index (χ1n) is 7.86. The summed E-state index contributed by atoms with van der Waals surface area (Å²) in [5, 5.41) is 12.8. The van der Waals surface area contributed by atoms with Crippen LogP contribution in [0.25, 0.3) is 11.1 Å². The number of phenolic OH excluding ortho intramolecular Hbond substituents is 1. The molecule has 0 aliphatic carbocycles.